The molecule has 0 fully saturated rings. The molecule has 0 aliphatic rings. The Balaban J connectivity index is 2.16. The molecule has 1 aromatic rings. The summed E-state index contributed by atoms with van der Waals surface area (Å²) in [5.41, 5.74) is 0. The second-order valence-electron chi connectivity index (χ2n) is 3.97. The quantitative estimate of drug-likeness (QED) is 0.725. The van der Waals surface area contributed by atoms with Crippen molar-refractivity contribution in [3.63, 3.8) is 0 Å². The Kier molecular flexibility index (Phi) is 6.53. The van der Waals surface area contributed by atoms with Crippen LogP contribution in [0.25, 0.3) is 0 Å². The molecule has 1 N–H and O–H groups in total. The van der Waals surface area contributed by atoms with Crippen LogP contribution in [0.15, 0.2) is 15.9 Å². The highest BCUT2D eigenvalue weighted by Gasteiger charge is 2.04. The molecule has 1 heterocycles. The molecular formula is C12H20BrNS. The van der Waals surface area contributed by atoms with Gasteiger partial charge in [0.1, 0.15) is 0 Å². The minimum atomic E-state index is 0.630. The monoisotopic (exact) mass is 289 g/mol. The van der Waals surface area contributed by atoms with E-state index in [1.54, 1.807) is 0 Å². The van der Waals surface area contributed by atoms with E-state index < -0.39 is 0 Å². The molecule has 3 heteroatoms. The third kappa shape index (κ3) is 5.14. The fourth-order valence-electron chi connectivity index (χ4n) is 1.52. The number of rotatable bonds is 7. The van der Waals surface area contributed by atoms with Gasteiger partial charge in [0, 0.05) is 21.9 Å². The first-order chi connectivity index (χ1) is 7.24. The Labute approximate surface area is 105 Å². The Bertz CT molecular complexity index is 272. The second kappa shape index (κ2) is 7.42. The molecular weight excluding hydrogens is 270 g/mol. The minimum absolute atomic E-state index is 0.630. The molecule has 0 aromatic carbocycles. The van der Waals surface area contributed by atoms with E-state index in [0.29, 0.717) is 6.04 Å². The molecule has 0 aliphatic heterocycles. The lowest BCUT2D eigenvalue weighted by molar-refractivity contribution is 0.489. The van der Waals surface area contributed by atoms with Crippen LogP contribution in [0, 0.1) is 0 Å². The summed E-state index contributed by atoms with van der Waals surface area (Å²) >= 11 is 5.36. The average Bonchev–Trinajstić information content (AvgIpc) is 2.61. The van der Waals surface area contributed by atoms with E-state index in [1.807, 2.05) is 11.3 Å². The summed E-state index contributed by atoms with van der Waals surface area (Å²) in [6.07, 6.45) is 5.30. The maximum atomic E-state index is 3.57. The van der Waals surface area contributed by atoms with Gasteiger partial charge in [0.25, 0.3) is 0 Å². The maximum absolute atomic E-state index is 3.57. The van der Waals surface area contributed by atoms with Crippen LogP contribution in [0.2, 0.25) is 0 Å². The largest absolute Gasteiger partial charge is 0.309 e. The van der Waals surface area contributed by atoms with Crippen LogP contribution in [-0.2, 0) is 6.54 Å². The summed E-state index contributed by atoms with van der Waals surface area (Å²) < 4.78 is 1.24. The highest BCUT2D eigenvalue weighted by atomic mass is 79.9. The molecule has 1 rings (SSSR count). The third-order valence-corrected chi connectivity index (χ3v) is 4.47. The highest BCUT2D eigenvalue weighted by Crippen LogP contribution is 2.22. The minimum Gasteiger partial charge on any atom is -0.309 e. The van der Waals surface area contributed by atoms with Crippen LogP contribution in [0.3, 0.4) is 0 Å². The molecule has 86 valence electrons. The fraction of sp³-hybridized carbons (Fsp3) is 0.667. The van der Waals surface area contributed by atoms with Crippen LogP contribution in [-0.4, -0.2) is 6.04 Å². The van der Waals surface area contributed by atoms with Gasteiger partial charge >= 0.3 is 0 Å². The van der Waals surface area contributed by atoms with Crippen molar-refractivity contribution in [3.05, 3.63) is 20.8 Å². The maximum Gasteiger partial charge on any atom is 0.0327 e. The Morgan fingerprint density at radius 3 is 2.87 bits per heavy atom. The van der Waals surface area contributed by atoms with Crippen molar-refractivity contribution in [1.29, 1.82) is 0 Å². The topological polar surface area (TPSA) is 12.0 Å². The number of nitrogens with one attached hydrogen (secondary N) is 1. The lowest BCUT2D eigenvalue weighted by atomic mass is 10.1. The first kappa shape index (κ1) is 13.2. The molecule has 1 aromatic heterocycles. The number of thiophene rings is 1. The molecule has 1 unspecified atom stereocenters. The number of hydrogen-bond donors (Lipinski definition) is 1. The summed E-state index contributed by atoms with van der Waals surface area (Å²) in [5.74, 6) is 0. The number of unbranched alkanes of at least 4 members (excludes halogenated alkanes) is 2. The molecule has 0 aliphatic carbocycles. The molecule has 0 bridgehead atoms. The summed E-state index contributed by atoms with van der Waals surface area (Å²) in [6, 6.07) is 2.74. The fourth-order valence-corrected chi connectivity index (χ4v) is 2.96. The zero-order valence-electron chi connectivity index (χ0n) is 9.55. The summed E-state index contributed by atoms with van der Waals surface area (Å²) in [7, 11) is 0. The van der Waals surface area contributed by atoms with Gasteiger partial charge in [0.2, 0.25) is 0 Å². The first-order valence-corrected chi connectivity index (χ1v) is 7.36. The smallest absolute Gasteiger partial charge is 0.0327 e. The predicted molar refractivity (Wildman–Crippen MR) is 72.5 cm³/mol. The molecule has 15 heavy (non-hydrogen) atoms. The van der Waals surface area contributed by atoms with E-state index in [1.165, 1.54) is 35.0 Å². The van der Waals surface area contributed by atoms with Gasteiger partial charge in [-0.1, -0.05) is 26.2 Å². The summed E-state index contributed by atoms with van der Waals surface area (Å²) in [4.78, 5) is 1.40. The van der Waals surface area contributed by atoms with Crippen LogP contribution < -0.4 is 5.32 Å². The van der Waals surface area contributed by atoms with Crippen LogP contribution in [0.5, 0.6) is 0 Å². The Morgan fingerprint density at radius 1 is 1.47 bits per heavy atom. The van der Waals surface area contributed by atoms with Gasteiger partial charge in [-0.15, -0.1) is 11.3 Å². The van der Waals surface area contributed by atoms with Crippen molar-refractivity contribution < 1.29 is 0 Å². The van der Waals surface area contributed by atoms with Crippen molar-refractivity contribution in [2.75, 3.05) is 0 Å². The zero-order chi connectivity index (χ0) is 11.1. The summed E-state index contributed by atoms with van der Waals surface area (Å²) in [5, 5.41) is 5.69. The third-order valence-electron chi connectivity index (χ3n) is 2.54. The van der Waals surface area contributed by atoms with E-state index in [-0.39, 0.29) is 0 Å². The standard InChI is InChI=1S/C12H20BrNS/c1-3-4-5-6-10(2)14-9-12-11(13)7-8-15-12/h7-8,10,14H,3-6,9H2,1-2H3. The van der Waals surface area contributed by atoms with Gasteiger partial charge in [0.15, 0.2) is 0 Å². The molecule has 0 radical (unpaired) electrons. The van der Waals surface area contributed by atoms with E-state index in [4.69, 9.17) is 0 Å². The van der Waals surface area contributed by atoms with Gasteiger partial charge in [-0.2, -0.15) is 0 Å². The molecule has 1 nitrogen and oxygen atoms in total. The Morgan fingerprint density at radius 2 is 2.27 bits per heavy atom. The van der Waals surface area contributed by atoms with Gasteiger partial charge in [-0.3, -0.25) is 0 Å². The van der Waals surface area contributed by atoms with Gasteiger partial charge in [-0.05, 0) is 40.7 Å². The highest BCUT2D eigenvalue weighted by molar-refractivity contribution is 9.10. The van der Waals surface area contributed by atoms with E-state index >= 15 is 0 Å². The molecule has 0 saturated heterocycles. The lowest BCUT2D eigenvalue weighted by Crippen LogP contribution is -2.24. The van der Waals surface area contributed by atoms with Crippen molar-refractivity contribution in [2.45, 2.75) is 52.1 Å². The van der Waals surface area contributed by atoms with E-state index in [9.17, 15) is 0 Å². The zero-order valence-corrected chi connectivity index (χ0v) is 12.0. The first-order valence-electron chi connectivity index (χ1n) is 5.69. The SMILES string of the molecule is CCCCCC(C)NCc1sccc1Br. The Hall–Kier alpha value is 0.140. The number of halogens is 1. The molecule has 1 atom stereocenters. The van der Waals surface area contributed by atoms with Crippen LogP contribution in [0.1, 0.15) is 44.4 Å². The summed E-state index contributed by atoms with van der Waals surface area (Å²) in [6.45, 7) is 5.52. The van der Waals surface area contributed by atoms with Gasteiger partial charge in [-0.25, -0.2) is 0 Å². The lowest BCUT2D eigenvalue weighted by Gasteiger charge is -2.12. The van der Waals surface area contributed by atoms with Gasteiger partial charge in [0.05, 0.1) is 0 Å². The normalized spacial score (nSPS) is 13.0. The average molecular weight is 290 g/mol. The van der Waals surface area contributed by atoms with E-state index in [2.05, 4.69) is 46.5 Å². The van der Waals surface area contributed by atoms with Crippen molar-refractivity contribution in [1.82, 2.24) is 5.32 Å². The van der Waals surface area contributed by atoms with E-state index in [0.717, 1.165) is 6.54 Å². The van der Waals surface area contributed by atoms with Crippen LogP contribution in [0.4, 0.5) is 0 Å². The number of hydrogen-bond acceptors (Lipinski definition) is 2. The molecule has 0 spiro atoms. The van der Waals surface area contributed by atoms with Crippen molar-refractivity contribution >= 4 is 27.3 Å². The second-order valence-corrected chi connectivity index (χ2v) is 5.82. The predicted octanol–water partition coefficient (Wildman–Crippen LogP) is 4.57. The van der Waals surface area contributed by atoms with Crippen LogP contribution >= 0.6 is 27.3 Å². The van der Waals surface area contributed by atoms with Crippen molar-refractivity contribution in [2.24, 2.45) is 0 Å². The van der Waals surface area contributed by atoms with Crippen molar-refractivity contribution in [3.8, 4) is 0 Å². The molecule has 0 amide bonds. The van der Waals surface area contributed by atoms with Gasteiger partial charge < -0.3 is 5.32 Å². The molecule has 0 saturated carbocycles.